The zero-order valence-corrected chi connectivity index (χ0v) is 11.2. The number of benzene rings is 1. The van der Waals surface area contributed by atoms with Crippen LogP contribution in [0, 0.1) is 0 Å². The minimum Gasteiger partial charge on any atom is -0.495 e. The summed E-state index contributed by atoms with van der Waals surface area (Å²) in [4.78, 5) is 22.2. The van der Waals surface area contributed by atoms with Crippen molar-refractivity contribution in [3.63, 3.8) is 0 Å². The van der Waals surface area contributed by atoms with Crippen LogP contribution in [-0.2, 0) is 0 Å². The van der Waals surface area contributed by atoms with Crippen LogP contribution in [0.15, 0.2) is 25.8 Å². The highest BCUT2D eigenvalue weighted by atomic mass is 79.9. The molecule has 0 saturated carbocycles. The van der Waals surface area contributed by atoms with E-state index >= 15 is 0 Å². The van der Waals surface area contributed by atoms with Gasteiger partial charge in [-0.15, -0.1) is 0 Å². The second-order valence-electron chi connectivity index (χ2n) is 3.44. The molecule has 0 unspecified atom stereocenters. The van der Waals surface area contributed by atoms with Crippen LogP contribution in [0.3, 0.4) is 0 Å². The fraction of sp³-hybridized carbons (Fsp3) is 0.167. The zero-order valence-electron chi connectivity index (χ0n) is 9.65. The van der Waals surface area contributed by atoms with Gasteiger partial charge in [-0.05, 0) is 22.0 Å². The fourth-order valence-electron chi connectivity index (χ4n) is 1.63. The highest BCUT2D eigenvalue weighted by Crippen LogP contribution is 2.40. The number of fused-ring (bicyclic) bond motifs is 1. The molecular formula is C12H9BrO5. The number of aldehydes is 1. The van der Waals surface area contributed by atoms with E-state index in [1.807, 2.05) is 0 Å². The number of ether oxygens (including phenoxy) is 2. The Bertz CT molecular complexity index is 674. The molecule has 18 heavy (non-hydrogen) atoms. The molecule has 0 amide bonds. The van der Waals surface area contributed by atoms with Crippen LogP contribution >= 0.6 is 15.9 Å². The number of hydrogen-bond acceptors (Lipinski definition) is 5. The van der Waals surface area contributed by atoms with E-state index in [9.17, 15) is 9.59 Å². The van der Waals surface area contributed by atoms with E-state index in [-0.39, 0.29) is 5.56 Å². The van der Waals surface area contributed by atoms with Crippen molar-refractivity contribution in [2.75, 3.05) is 14.2 Å². The summed E-state index contributed by atoms with van der Waals surface area (Å²) >= 11 is 3.33. The predicted molar refractivity (Wildman–Crippen MR) is 68.7 cm³/mol. The van der Waals surface area contributed by atoms with Crippen LogP contribution in [0.5, 0.6) is 11.5 Å². The maximum absolute atomic E-state index is 11.5. The van der Waals surface area contributed by atoms with Crippen LogP contribution in [0.4, 0.5) is 0 Å². The molecule has 1 aromatic carbocycles. The first-order valence-electron chi connectivity index (χ1n) is 4.96. The maximum Gasteiger partial charge on any atom is 0.346 e. The Morgan fingerprint density at radius 3 is 2.56 bits per heavy atom. The Kier molecular flexibility index (Phi) is 3.38. The molecule has 0 N–H and O–H groups in total. The lowest BCUT2D eigenvalue weighted by Crippen LogP contribution is -2.06. The molecule has 1 heterocycles. The van der Waals surface area contributed by atoms with Gasteiger partial charge in [-0.3, -0.25) is 4.79 Å². The third-order valence-corrected chi connectivity index (χ3v) is 3.23. The molecule has 0 aliphatic carbocycles. The van der Waals surface area contributed by atoms with Gasteiger partial charge in [0.1, 0.15) is 27.1 Å². The first-order valence-corrected chi connectivity index (χ1v) is 5.75. The minimum atomic E-state index is -0.691. The third-order valence-electron chi connectivity index (χ3n) is 2.48. The molecule has 2 rings (SSSR count). The summed E-state index contributed by atoms with van der Waals surface area (Å²) in [7, 11) is 2.97. The van der Waals surface area contributed by atoms with Gasteiger partial charge in [0, 0.05) is 6.07 Å². The number of hydrogen-bond donors (Lipinski definition) is 0. The Morgan fingerprint density at radius 1 is 1.28 bits per heavy atom. The van der Waals surface area contributed by atoms with Crippen molar-refractivity contribution >= 4 is 33.2 Å². The first-order chi connectivity index (χ1) is 8.62. The van der Waals surface area contributed by atoms with Crippen molar-refractivity contribution in [1.29, 1.82) is 0 Å². The SMILES string of the molecule is COc1cc2oc(=O)c(C=O)cc2c(OC)c1Br. The number of rotatable bonds is 3. The average Bonchev–Trinajstić information content (AvgIpc) is 2.37. The Morgan fingerprint density at radius 2 is 2.00 bits per heavy atom. The molecular weight excluding hydrogens is 304 g/mol. The van der Waals surface area contributed by atoms with Crippen molar-refractivity contribution < 1.29 is 18.7 Å². The normalized spacial score (nSPS) is 10.4. The van der Waals surface area contributed by atoms with Crippen molar-refractivity contribution in [2.45, 2.75) is 0 Å². The zero-order chi connectivity index (χ0) is 13.3. The van der Waals surface area contributed by atoms with Gasteiger partial charge in [0.05, 0.1) is 19.6 Å². The second-order valence-corrected chi connectivity index (χ2v) is 4.24. The van der Waals surface area contributed by atoms with Crippen molar-refractivity contribution in [3.05, 3.63) is 32.6 Å². The Labute approximate surface area is 110 Å². The molecule has 6 heteroatoms. The van der Waals surface area contributed by atoms with Crippen LogP contribution < -0.4 is 15.1 Å². The van der Waals surface area contributed by atoms with E-state index in [2.05, 4.69) is 15.9 Å². The molecule has 1 aromatic heterocycles. The highest BCUT2D eigenvalue weighted by molar-refractivity contribution is 9.10. The molecule has 0 saturated heterocycles. The lowest BCUT2D eigenvalue weighted by atomic mass is 10.1. The van der Waals surface area contributed by atoms with E-state index in [1.54, 1.807) is 6.07 Å². The van der Waals surface area contributed by atoms with E-state index in [0.717, 1.165) is 0 Å². The van der Waals surface area contributed by atoms with Crippen molar-refractivity contribution in [3.8, 4) is 11.5 Å². The van der Waals surface area contributed by atoms with Gasteiger partial charge in [-0.1, -0.05) is 0 Å². The molecule has 0 aliphatic rings. The Hall–Kier alpha value is -1.82. The molecule has 0 bridgehead atoms. The second kappa shape index (κ2) is 4.81. The van der Waals surface area contributed by atoms with E-state index in [1.165, 1.54) is 20.3 Å². The monoisotopic (exact) mass is 312 g/mol. The minimum absolute atomic E-state index is 0.0575. The van der Waals surface area contributed by atoms with Crippen LogP contribution in [0.25, 0.3) is 11.0 Å². The van der Waals surface area contributed by atoms with Crippen molar-refractivity contribution in [2.24, 2.45) is 0 Å². The molecule has 0 spiro atoms. The van der Waals surface area contributed by atoms with Gasteiger partial charge in [0.2, 0.25) is 0 Å². The summed E-state index contributed by atoms with van der Waals surface area (Å²) < 4.78 is 16.0. The summed E-state index contributed by atoms with van der Waals surface area (Å²) in [6.45, 7) is 0. The average molecular weight is 313 g/mol. The molecule has 0 aliphatic heterocycles. The molecule has 5 nitrogen and oxygen atoms in total. The number of methoxy groups -OCH3 is 2. The lowest BCUT2D eigenvalue weighted by Gasteiger charge is -2.11. The third kappa shape index (κ3) is 1.88. The van der Waals surface area contributed by atoms with Crippen LogP contribution in [0.2, 0.25) is 0 Å². The van der Waals surface area contributed by atoms with Gasteiger partial charge < -0.3 is 13.9 Å². The van der Waals surface area contributed by atoms with E-state index in [4.69, 9.17) is 13.9 Å². The fourth-order valence-corrected chi connectivity index (χ4v) is 2.28. The van der Waals surface area contributed by atoms with Gasteiger partial charge in [-0.25, -0.2) is 4.79 Å². The first kappa shape index (κ1) is 12.6. The number of carbonyl (C=O) groups excluding carboxylic acids is 1. The summed E-state index contributed by atoms with van der Waals surface area (Å²) in [5, 5.41) is 0.520. The Balaban J connectivity index is 2.93. The van der Waals surface area contributed by atoms with E-state index < -0.39 is 5.63 Å². The van der Waals surface area contributed by atoms with Crippen molar-refractivity contribution in [1.82, 2.24) is 0 Å². The van der Waals surface area contributed by atoms with Crippen LogP contribution in [0.1, 0.15) is 10.4 Å². The topological polar surface area (TPSA) is 65.7 Å². The largest absolute Gasteiger partial charge is 0.495 e. The summed E-state index contributed by atoms with van der Waals surface area (Å²) in [5.41, 5.74) is -0.454. The lowest BCUT2D eigenvalue weighted by molar-refractivity contribution is 0.112. The number of carbonyl (C=O) groups is 1. The summed E-state index contributed by atoms with van der Waals surface area (Å²) in [6.07, 6.45) is 0.447. The van der Waals surface area contributed by atoms with Gasteiger partial charge in [-0.2, -0.15) is 0 Å². The molecule has 0 fully saturated rings. The van der Waals surface area contributed by atoms with Gasteiger partial charge >= 0.3 is 5.63 Å². The molecule has 94 valence electrons. The quantitative estimate of drug-likeness (QED) is 0.643. The standard InChI is InChI=1S/C12H9BrO5/c1-16-9-4-8-7(11(17-2)10(9)13)3-6(5-14)12(15)18-8/h3-5H,1-2H3. The highest BCUT2D eigenvalue weighted by Gasteiger charge is 2.16. The summed E-state index contributed by atoms with van der Waals surface area (Å²) in [6, 6.07) is 2.98. The number of halogens is 1. The van der Waals surface area contributed by atoms with E-state index in [0.29, 0.717) is 33.2 Å². The molecule has 2 aromatic rings. The molecule has 0 atom stereocenters. The maximum atomic E-state index is 11.5. The smallest absolute Gasteiger partial charge is 0.346 e. The van der Waals surface area contributed by atoms with Gasteiger partial charge in [0.15, 0.2) is 6.29 Å². The van der Waals surface area contributed by atoms with Gasteiger partial charge in [0.25, 0.3) is 0 Å². The molecule has 0 radical (unpaired) electrons. The predicted octanol–water partition coefficient (Wildman–Crippen LogP) is 2.39. The van der Waals surface area contributed by atoms with Crippen LogP contribution in [-0.4, -0.2) is 20.5 Å². The summed E-state index contributed by atoms with van der Waals surface area (Å²) in [5.74, 6) is 0.914.